The number of carbonyl (C=O) groups excluding carboxylic acids is 1. The van der Waals surface area contributed by atoms with E-state index in [1.54, 1.807) is 18.2 Å². The van der Waals surface area contributed by atoms with Gasteiger partial charge in [0.2, 0.25) is 5.91 Å². The molecule has 1 aromatic carbocycles. The van der Waals surface area contributed by atoms with Crippen molar-refractivity contribution in [3.63, 3.8) is 0 Å². The van der Waals surface area contributed by atoms with Gasteiger partial charge in [-0.15, -0.1) is 0 Å². The minimum atomic E-state index is -0.262. The molecule has 5 heteroatoms. The first-order chi connectivity index (χ1) is 9.63. The zero-order chi connectivity index (χ0) is 14.1. The summed E-state index contributed by atoms with van der Waals surface area (Å²) in [7, 11) is 0. The molecular formula is C15H12BrFN2O. The molecule has 2 unspecified atom stereocenters. The van der Waals surface area contributed by atoms with Crippen molar-refractivity contribution >= 4 is 27.7 Å². The van der Waals surface area contributed by atoms with E-state index in [1.807, 2.05) is 12.1 Å². The average molecular weight is 335 g/mol. The van der Waals surface area contributed by atoms with Gasteiger partial charge in [-0.3, -0.25) is 4.79 Å². The number of rotatable bonds is 3. The highest BCUT2D eigenvalue weighted by Gasteiger charge is 2.44. The van der Waals surface area contributed by atoms with Crippen LogP contribution in [0.1, 0.15) is 17.9 Å². The minimum Gasteiger partial charge on any atom is -0.310 e. The molecule has 0 bridgehead atoms. The molecule has 3 rings (SSSR count). The molecule has 0 aliphatic heterocycles. The Balaban J connectivity index is 1.66. The summed E-state index contributed by atoms with van der Waals surface area (Å²) in [6.07, 6.45) is 0.753. The Morgan fingerprint density at radius 2 is 2.10 bits per heavy atom. The van der Waals surface area contributed by atoms with E-state index in [4.69, 9.17) is 0 Å². The summed E-state index contributed by atoms with van der Waals surface area (Å²) < 4.78 is 13.8. The third kappa shape index (κ3) is 2.88. The number of aromatic nitrogens is 1. The zero-order valence-corrected chi connectivity index (χ0v) is 12.1. The van der Waals surface area contributed by atoms with Crippen molar-refractivity contribution in [3.05, 3.63) is 58.4 Å². The van der Waals surface area contributed by atoms with Crippen LogP contribution in [0.15, 0.2) is 47.1 Å². The van der Waals surface area contributed by atoms with Crippen molar-refractivity contribution in [1.82, 2.24) is 4.98 Å². The smallest absolute Gasteiger partial charge is 0.229 e. The maximum absolute atomic E-state index is 13.2. The molecule has 1 heterocycles. The Hall–Kier alpha value is -1.75. The van der Waals surface area contributed by atoms with Crippen LogP contribution >= 0.6 is 15.9 Å². The monoisotopic (exact) mass is 334 g/mol. The predicted octanol–water partition coefficient (Wildman–Crippen LogP) is 3.73. The van der Waals surface area contributed by atoms with Crippen LogP contribution in [-0.4, -0.2) is 10.9 Å². The first-order valence-corrected chi connectivity index (χ1v) is 7.11. The molecule has 0 spiro atoms. The Labute approximate surface area is 124 Å². The van der Waals surface area contributed by atoms with Crippen molar-refractivity contribution in [3.8, 4) is 0 Å². The van der Waals surface area contributed by atoms with E-state index < -0.39 is 0 Å². The van der Waals surface area contributed by atoms with E-state index in [1.165, 1.54) is 12.1 Å². The number of pyridine rings is 1. The lowest BCUT2D eigenvalue weighted by atomic mass is 10.1. The van der Waals surface area contributed by atoms with E-state index in [-0.39, 0.29) is 23.6 Å². The summed E-state index contributed by atoms with van der Waals surface area (Å²) in [5.74, 6) is 0.205. The molecule has 1 aromatic heterocycles. The Bertz CT molecular complexity index is 662. The SMILES string of the molecule is O=C(Nc1cccc(Br)n1)C1CC1c1cccc(F)c1. The number of benzene rings is 1. The first kappa shape index (κ1) is 13.2. The third-order valence-corrected chi connectivity index (χ3v) is 3.81. The Morgan fingerprint density at radius 1 is 1.30 bits per heavy atom. The van der Waals surface area contributed by atoms with Gasteiger partial charge in [-0.2, -0.15) is 0 Å². The summed E-state index contributed by atoms with van der Waals surface area (Å²) in [4.78, 5) is 16.3. The molecule has 1 aliphatic carbocycles. The molecule has 1 amide bonds. The van der Waals surface area contributed by atoms with Gasteiger partial charge in [0, 0.05) is 5.92 Å². The van der Waals surface area contributed by atoms with Crippen molar-refractivity contribution < 1.29 is 9.18 Å². The fraction of sp³-hybridized carbons (Fsp3) is 0.200. The van der Waals surface area contributed by atoms with Crippen molar-refractivity contribution in [1.29, 1.82) is 0 Å². The number of hydrogen-bond acceptors (Lipinski definition) is 2. The molecule has 20 heavy (non-hydrogen) atoms. The summed E-state index contributed by atoms with van der Waals surface area (Å²) in [6, 6.07) is 11.8. The molecule has 2 aromatic rings. The number of amides is 1. The molecular weight excluding hydrogens is 323 g/mol. The van der Waals surface area contributed by atoms with Crippen LogP contribution in [0.5, 0.6) is 0 Å². The van der Waals surface area contributed by atoms with Crippen LogP contribution in [0.3, 0.4) is 0 Å². The van der Waals surface area contributed by atoms with Crippen LogP contribution in [0.25, 0.3) is 0 Å². The lowest BCUT2D eigenvalue weighted by Crippen LogP contribution is -2.15. The number of hydrogen-bond donors (Lipinski definition) is 1. The highest BCUT2D eigenvalue weighted by molar-refractivity contribution is 9.10. The van der Waals surface area contributed by atoms with Gasteiger partial charge in [-0.05, 0) is 58.1 Å². The standard InChI is InChI=1S/C15H12BrFN2O/c16-13-5-2-6-14(18-13)19-15(20)12-8-11(12)9-3-1-4-10(17)7-9/h1-7,11-12H,8H2,(H,18,19,20). The van der Waals surface area contributed by atoms with Crippen molar-refractivity contribution in [2.45, 2.75) is 12.3 Å². The fourth-order valence-electron chi connectivity index (χ4n) is 2.29. The molecule has 1 aliphatic rings. The summed E-state index contributed by atoms with van der Waals surface area (Å²) in [5, 5.41) is 2.79. The molecule has 0 saturated heterocycles. The summed E-state index contributed by atoms with van der Waals surface area (Å²) in [5.41, 5.74) is 0.882. The van der Waals surface area contributed by atoms with Crippen LogP contribution in [-0.2, 0) is 4.79 Å². The number of nitrogens with zero attached hydrogens (tertiary/aromatic N) is 1. The number of nitrogens with one attached hydrogen (secondary N) is 1. The van der Waals surface area contributed by atoms with Gasteiger partial charge in [0.15, 0.2) is 0 Å². The van der Waals surface area contributed by atoms with E-state index >= 15 is 0 Å². The van der Waals surface area contributed by atoms with Gasteiger partial charge in [0.05, 0.1) is 0 Å². The van der Waals surface area contributed by atoms with Crippen LogP contribution < -0.4 is 5.32 Å². The van der Waals surface area contributed by atoms with Gasteiger partial charge in [-0.25, -0.2) is 9.37 Å². The minimum absolute atomic E-state index is 0.0649. The highest BCUT2D eigenvalue weighted by atomic mass is 79.9. The summed E-state index contributed by atoms with van der Waals surface area (Å²) in [6.45, 7) is 0. The average Bonchev–Trinajstić information content (AvgIpc) is 3.19. The molecule has 0 radical (unpaired) electrons. The topological polar surface area (TPSA) is 42.0 Å². The van der Waals surface area contributed by atoms with Crippen molar-refractivity contribution in [2.75, 3.05) is 5.32 Å². The maximum Gasteiger partial charge on any atom is 0.229 e. The second kappa shape index (κ2) is 5.32. The third-order valence-electron chi connectivity index (χ3n) is 3.37. The van der Waals surface area contributed by atoms with Gasteiger partial charge in [-0.1, -0.05) is 18.2 Å². The molecule has 1 fully saturated rings. The molecule has 2 atom stereocenters. The molecule has 3 nitrogen and oxygen atoms in total. The molecule has 102 valence electrons. The van der Waals surface area contributed by atoms with E-state index in [9.17, 15) is 9.18 Å². The van der Waals surface area contributed by atoms with Crippen LogP contribution in [0, 0.1) is 11.7 Å². The Morgan fingerprint density at radius 3 is 2.85 bits per heavy atom. The van der Waals surface area contributed by atoms with E-state index in [2.05, 4.69) is 26.2 Å². The number of halogens is 2. The van der Waals surface area contributed by atoms with E-state index in [0.717, 1.165) is 12.0 Å². The number of anilines is 1. The lowest BCUT2D eigenvalue weighted by molar-refractivity contribution is -0.117. The van der Waals surface area contributed by atoms with Gasteiger partial charge < -0.3 is 5.32 Å². The second-order valence-corrected chi connectivity index (χ2v) is 5.65. The largest absolute Gasteiger partial charge is 0.310 e. The maximum atomic E-state index is 13.2. The molecule has 1 N–H and O–H groups in total. The second-order valence-electron chi connectivity index (χ2n) is 4.84. The normalized spacial score (nSPS) is 20.5. The fourth-order valence-corrected chi connectivity index (χ4v) is 2.63. The van der Waals surface area contributed by atoms with Crippen molar-refractivity contribution in [2.24, 2.45) is 5.92 Å². The quantitative estimate of drug-likeness (QED) is 0.869. The Kier molecular flexibility index (Phi) is 3.53. The first-order valence-electron chi connectivity index (χ1n) is 6.32. The number of carbonyl (C=O) groups is 1. The summed E-state index contributed by atoms with van der Waals surface area (Å²) >= 11 is 3.26. The van der Waals surface area contributed by atoms with E-state index in [0.29, 0.717) is 10.4 Å². The highest BCUT2D eigenvalue weighted by Crippen LogP contribution is 2.48. The molecule has 1 saturated carbocycles. The van der Waals surface area contributed by atoms with Gasteiger partial charge in [0.1, 0.15) is 16.2 Å². The lowest BCUT2D eigenvalue weighted by Gasteiger charge is -2.04. The van der Waals surface area contributed by atoms with Gasteiger partial charge in [0.25, 0.3) is 0 Å². The zero-order valence-electron chi connectivity index (χ0n) is 10.5. The van der Waals surface area contributed by atoms with Crippen LogP contribution in [0.4, 0.5) is 10.2 Å². The van der Waals surface area contributed by atoms with Crippen LogP contribution in [0.2, 0.25) is 0 Å². The van der Waals surface area contributed by atoms with Gasteiger partial charge >= 0.3 is 0 Å². The predicted molar refractivity (Wildman–Crippen MR) is 77.8 cm³/mol.